The minimum absolute atomic E-state index is 0.231. The molecule has 0 fully saturated rings. The molecule has 0 aliphatic heterocycles. The second kappa shape index (κ2) is 4.72. The number of nitrogens with one attached hydrogen (secondary N) is 1. The van der Waals surface area contributed by atoms with Gasteiger partial charge >= 0.3 is 0 Å². The molecular formula is C10H8ClN3O2S2. The molecule has 5 nitrogen and oxygen atoms in total. The summed E-state index contributed by atoms with van der Waals surface area (Å²) in [4.78, 5) is 4.12. The van der Waals surface area contributed by atoms with Gasteiger partial charge in [0.15, 0.2) is 10.4 Å². The minimum atomic E-state index is -3.72. The average Bonchev–Trinajstić information content (AvgIpc) is 2.68. The van der Waals surface area contributed by atoms with Crippen LogP contribution in [0.2, 0.25) is 5.02 Å². The van der Waals surface area contributed by atoms with Crippen LogP contribution in [0.4, 0.5) is 5.13 Å². The summed E-state index contributed by atoms with van der Waals surface area (Å²) >= 11 is 7.00. The highest BCUT2D eigenvalue weighted by molar-refractivity contribution is 7.93. The van der Waals surface area contributed by atoms with Crippen molar-refractivity contribution in [3.8, 4) is 6.07 Å². The van der Waals surface area contributed by atoms with Gasteiger partial charge in [-0.05, 0) is 25.1 Å². The van der Waals surface area contributed by atoms with Gasteiger partial charge in [0.2, 0.25) is 0 Å². The fourth-order valence-electron chi connectivity index (χ4n) is 1.22. The Hall–Kier alpha value is -1.36. The van der Waals surface area contributed by atoms with E-state index in [-0.39, 0.29) is 5.13 Å². The van der Waals surface area contributed by atoms with Crippen LogP contribution in [0.15, 0.2) is 18.2 Å². The van der Waals surface area contributed by atoms with Crippen molar-refractivity contribution in [1.82, 2.24) is 4.98 Å². The predicted molar refractivity (Wildman–Crippen MR) is 72.2 cm³/mol. The summed E-state index contributed by atoms with van der Waals surface area (Å²) in [6.45, 7) is 1.31. The lowest BCUT2D eigenvalue weighted by atomic mass is 10.3. The first-order valence-corrected chi connectivity index (χ1v) is 7.64. The normalized spacial score (nSPS) is 13.2. The monoisotopic (exact) mass is 301 g/mol. The molecule has 0 aliphatic carbocycles. The number of hydrogen-bond donors (Lipinski definition) is 1. The van der Waals surface area contributed by atoms with Crippen LogP contribution in [0.25, 0.3) is 10.2 Å². The first-order chi connectivity index (χ1) is 8.42. The quantitative estimate of drug-likeness (QED) is 0.944. The molecule has 1 heterocycles. The Morgan fingerprint density at radius 2 is 2.28 bits per heavy atom. The van der Waals surface area contributed by atoms with Gasteiger partial charge in [-0.2, -0.15) is 5.26 Å². The van der Waals surface area contributed by atoms with Crippen molar-refractivity contribution in [2.75, 3.05) is 4.72 Å². The van der Waals surface area contributed by atoms with Crippen molar-refractivity contribution < 1.29 is 8.42 Å². The highest BCUT2D eigenvalue weighted by Crippen LogP contribution is 2.29. The van der Waals surface area contributed by atoms with Crippen molar-refractivity contribution in [1.29, 1.82) is 5.26 Å². The molecule has 1 atom stereocenters. The second-order valence-corrected chi connectivity index (χ2v) is 7.02. The number of nitrogens with zero attached hydrogens (tertiary/aromatic N) is 2. The third-order valence-electron chi connectivity index (χ3n) is 2.23. The molecule has 0 saturated heterocycles. The Bertz CT molecular complexity index is 733. The molecule has 18 heavy (non-hydrogen) atoms. The summed E-state index contributed by atoms with van der Waals surface area (Å²) < 4.78 is 26.4. The lowest BCUT2D eigenvalue weighted by molar-refractivity contribution is 0.597. The van der Waals surface area contributed by atoms with Crippen molar-refractivity contribution in [2.24, 2.45) is 0 Å². The molecule has 0 amide bonds. The summed E-state index contributed by atoms with van der Waals surface area (Å²) in [5.74, 6) is 0. The van der Waals surface area contributed by atoms with Crippen molar-refractivity contribution in [3.63, 3.8) is 0 Å². The molecule has 0 aliphatic rings. The van der Waals surface area contributed by atoms with E-state index in [9.17, 15) is 8.42 Å². The van der Waals surface area contributed by atoms with E-state index in [1.165, 1.54) is 18.3 Å². The fraction of sp³-hybridized carbons (Fsp3) is 0.200. The molecule has 1 unspecified atom stereocenters. The maximum Gasteiger partial charge on any atom is 0.250 e. The van der Waals surface area contributed by atoms with Gasteiger partial charge in [-0.15, -0.1) is 0 Å². The zero-order valence-corrected chi connectivity index (χ0v) is 11.6. The summed E-state index contributed by atoms with van der Waals surface area (Å²) in [5, 5.41) is 8.28. The fourth-order valence-corrected chi connectivity index (χ4v) is 3.33. The standard InChI is InChI=1S/C10H8ClN3O2S2/c1-6(5-12)18(15,16)14-10-13-8-3-2-7(11)4-9(8)17-10/h2-4,6H,1H3,(H,13,14). The number of hydrogen-bond acceptors (Lipinski definition) is 5. The third kappa shape index (κ3) is 2.56. The van der Waals surface area contributed by atoms with Gasteiger partial charge < -0.3 is 0 Å². The predicted octanol–water partition coefficient (Wildman–Crippen LogP) is 2.60. The molecule has 2 aromatic rings. The van der Waals surface area contributed by atoms with Crippen molar-refractivity contribution in [2.45, 2.75) is 12.2 Å². The zero-order chi connectivity index (χ0) is 13.3. The number of nitriles is 1. The average molecular weight is 302 g/mol. The van der Waals surface area contributed by atoms with Gasteiger partial charge in [0, 0.05) is 5.02 Å². The van der Waals surface area contributed by atoms with E-state index in [0.29, 0.717) is 10.5 Å². The summed E-state index contributed by atoms with van der Waals surface area (Å²) in [7, 11) is -3.72. The van der Waals surface area contributed by atoms with Crippen molar-refractivity contribution >= 4 is 48.3 Å². The summed E-state index contributed by atoms with van der Waals surface area (Å²) in [5.41, 5.74) is 0.659. The molecule has 0 saturated carbocycles. The van der Waals surface area contributed by atoms with E-state index in [1.54, 1.807) is 24.3 Å². The number of sulfonamides is 1. The lowest BCUT2D eigenvalue weighted by Gasteiger charge is -2.05. The largest absolute Gasteiger partial charge is 0.257 e. The highest BCUT2D eigenvalue weighted by atomic mass is 35.5. The van der Waals surface area contributed by atoms with Gasteiger partial charge in [-0.25, -0.2) is 13.4 Å². The third-order valence-corrected chi connectivity index (χ3v) is 5.04. The molecule has 0 radical (unpaired) electrons. The molecule has 0 spiro atoms. The van der Waals surface area contributed by atoms with E-state index in [0.717, 1.165) is 4.70 Å². The highest BCUT2D eigenvalue weighted by Gasteiger charge is 2.21. The number of benzene rings is 1. The number of halogens is 1. The van der Waals surface area contributed by atoms with E-state index in [4.69, 9.17) is 16.9 Å². The van der Waals surface area contributed by atoms with E-state index in [1.807, 2.05) is 0 Å². The molecule has 0 bridgehead atoms. The van der Waals surface area contributed by atoms with Gasteiger partial charge in [-0.3, -0.25) is 4.72 Å². The molecule has 1 aromatic carbocycles. The summed E-state index contributed by atoms with van der Waals surface area (Å²) in [6, 6.07) is 6.77. The van der Waals surface area contributed by atoms with E-state index < -0.39 is 15.3 Å². The second-order valence-electron chi connectivity index (χ2n) is 3.55. The maximum absolute atomic E-state index is 11.7. The number of anilines is 1. The SMILES string of the molecule is CC(C#N)S(=O)(=O)Nc1nc2ccc(Cl)cc2s1. The lowest BCUT2D eigenvalue weighted by Crippen LogP contribution is -2.23. The van der Waals surface area contributed by atoms with E-state index >= 15 is 0 Å². The number of aromatic nitrogens is 1. The summed E-state index contributed by atoms with van der Waals surface area (Å²) in [6.07, 6.45) is 0. The minimum Gasteiger partial charge on any atom is -0.257 e. The van der Waals surface area contributed by atoms with Crippen molar-refractivity contribution in [3.05, 3.63) is 23.2 Å². The molecule has 2 rings (SSSR count). The Morgan fingerprint density at radius 3 is 2.94 bits per heavy atom. The Morgan fingerprint density at radius 1 is 1.56 bits per heavy atom. The number of fused-ring (bicyclic) bond motifs is 1. The van der Waals surface area contributed by atoms with Crippen LogP contribution in [0.5, 0.6) is 0 Å². The van der Waals surface area contributed by atoms with Crippen LogP contribution >= 0.6 is 22.9 Å². The Labute approximate surface area is 113 Å². The molecule has 1 N–H and O–H groups in total. The molecular weight excluding hydrogens is 294 g/mol. The smallest absolute Gasteiger partial charge is 0.250 e. The topological polar surface area (TPSA) is 82.8 Å². The number of thiazole rings is 1. The first kappa shape index (κ1) is 13.1. The van der Waals surface area contributed by atoms with Crippen LogP contribution in [0, 0.1) is 11.3 Å². The van der Waals surface area contributed by atoms with Crippen LogP contribution < -0.4 is 4.72 Å². The number of rotatable bonds is 3. The van der Waals surface area contributed by atoms with Crippen LogP contribution in [-0.4, -0.2) is 18.7 Å². The Kier molecular flexibility index (Phi) is 3.43. The molecule has 94 valence electrons. The maximum atomic E-state index is 11.7. The van der Waals surface area contributed by atoms with Crippen LogP contribution in [0.1, 0.15) is 6.92 Å². The zero-order valence-electron chi connectivity index (χ0n) is 9.21. The molecule has 8 heteroatoms. The van der Waals surface area contributed by atoms with Crippen LogP contribution in [0.3, 0.4) is 0 Å². The van der Waals surface area contributed by atoms with Crippen LogP contribution in [-0.2, 0) is 10.0 Å². The van der Waals surface area contributed by atoms with Gasteiger partial charge in [0.25, 0.3) is 10.0 Å². The van der Waals surface area contributed by atoms with Gasteiger partial charge in [-0.1, -0.05) is 22.9 Å². The molecule has 1 aromatic heterocycles. The Balaban J connectivity index is 2.37. The van der Waals surface area contributed by atoms with E-state index in [2.05, 4.69) is 9.71 Å². The first-order valence-electron chi connectivity index (χ1n) is 4.90. The van der Waals surface area contributed by atoms with Gasteiger partial charge in [0.05, 0.1) is 16.3 Å². The van der Waals surface area contributed by atoms with Gasteiger partial charge in [0.1, 0.15) is 0 Å².